The summed E-state index contributed by atoms with van der Waals surface area (Å²) in [6, 6.07) is 7.17. The fourth-order valence-electron chi connectivity index (χ4n) is 2.97. The maximum Gasteiger partial charge on any atom is 0.243 e. The van der Waals surface area contributed by atoms with Crippen LogP contribution >= 0.6 is 0 Å². The maximum absolute atomic E-state index is 12.8. The van der Waals surface area contributed by atoms with Gasteiger partial charge in [0, 0.05) is 26.2 Å². The van der Waals surface area contributed by atoms with Gasteiger partial charge in [-0.3, -0.25) is 4.79 Å². The summed E-state index contributed by atoms with van der Waals surface area (Å²) in [6.45, 7) is 6.20. The fraction of sp³-hybridized carbons (Fsp3) is 0.611. The van der Waals surface area contributed by atoms with E-state index in [1.165, 1.54) is 4.31 Å². The molecule has 1 saturated heterocycles. The van der Waals surface area contributed by atoms with Crippen molar-refractivity contribution in [3.05, 3.63) is 29.8 Å². The number of sulfonamides is 1. The molecule has 1 aliphatic heterocycles. The molecular weight excluding hydrogens is 338 g/mol. The van der Waals surface area contributed by atoms with Gasteiger partial charge in [-0.2, -0.15) is 4.31 Å². The highest BCUT2D eigenvalue weighted by Gasteiger charge is 2.30. The van der Waals surface area contributed by atoms with Crippen molar-refractivity contribution in [3.63, 3.8) is 0 Å². The van der Waals surface area contributed by atoms with E-state index in [0.29, 0.717) is 43.5 Å². The Morgan fingerprint density at radius 1 is 1.08 bits per heavy atom. The summed E-state index contributed by atoms with van der Waals surface area (Å²) in [5.74, 6) is 0.579. The Labute approximate surface area is 151 Å². The standard InChI is InChI=1S/C18H29N3O3S/c1-15(2)13-16-5-7-17(8-6-16)25(23,24)21-11-9-20(10-12-21)18(22)14-19(3)4/h5-8,15H,9-14H2,1-4H3. The molecule has 0 N–H and O–H groups in total. The number of carbonyl (C=O) groups excluding carboxylic acids is 1. The predicted octanol–water partition coefficient (Wildman–Crippen LogP) is 1.28. The molecule has 140 valence electrons. The minimum atomic E-state index is -3.49. The third kappa shape index (κ3) is 5.26. The first-order valence-electron chi connectivity index (χ1n) is 8.71. The van der Waals surface area contributed by atoms with Gasteiger partial charge in [-0.25, -0.2) is 8.42 Å². The molecule has 0 radical (unpaired) electrons. The first-order valence-corrected chi connectivity index (χ1v) is 10.2. The Morgan fingerprint density at radius 3 is 2.12 bits per heavy atom. The summed E-state index contributed by atoms with van der Waals surface area (Å²) in [7, 11) is 0.203. The molecule has 1 aliphatic rings. The van der Waals surface area contributed by atoms with Crippen molar-refractivity contribution in [2.24, 2.45) is 5.92 Å². The molecule has 1 fully saturated rings. The number of piperazine rings is 1. The summed E-state index contributed by atoms with van der Waals surface area (Å²) >= 11 is 0. The van der Waals surface area contributed by atoms with Crippen molar-refractivity contribution in [1.29, 1.82) is 0 Å². The lowest BCUT2D eigenvalue weighted by atomic mass is 10.0. The molecule has 7 heteroatoms. The van der Waals surface area contributed by atoms with Crippen molar-refractivity contribution in [2.45, 2.75) is 25.2 Å². The molecule has 1 aromatic carbocycles. The Kier molecular flexibility index (Phi) is 6.59. The van der Waals surface area contributed by atoms with Crippen LogP contribution in [-0.4, -0.2) is 75.2 Å². The minimum absolute atomic E-state index is 0.0417. The number of rotatable bonds is 6. The zero-order chi connectivity index (χ0) is 18.6. The van der Waals surface area contributed by atoms with E-state index >= 15 is 0 Å². The Morgan fingerprint density at radius 2 is 1.64 bits per heavy atom. The quantitative estimate of drug-likeness (QED) is 0.760. The molecule has 0 aliphatic carbocycles. The zero-order valence-electron chi connectivity index (χ0n) is 15.6. The van der Waals surface area contributed by atoms with Gasteiger partial charge in [-0.15, -0.1) is 0 Å². The van der Waals surface area contributed by atoms with Gasteiger partial charge in [0.05, 0.1) is 11.4 Å². The van der Waals surface area contributed by atoms with Gasteiger partial charge in [0.15, 0.2) is 0 Å². The molecule has 25 heavy (non-hydrogen) atoms. The molecule has 0 bridgehead atoms. The van der Waals surface area contributed by atoms with Gasteiger partial charge in [-0.1, -0.05) is 26.0 Å². The van der Waals surface area contributed by atoms with E-state index in [1.807, 2.05) is 31.1 Å². The molecule has 1 heterocycles. The molecule has 0 saturated carbocycles. The number of amides is 1. The molecular formula is C18H29N3O3S. The van der Waals surface area contributed by atoms with E-state index in [9.17, 15) is 13.2 Å². The van der Waals surface area contributed by atoms with Crippen LogP contribution in [0.5, 0.6) is 0 Å². The summed E-state index contributed by atoms with van der Waals surface area (Å²) in [4.78, 5) is 16.0. The number of nitrogens with zero attached hydrogens (tertiary/aromatic N) is 3. The van der Waals surface area contributed by atoms with Crippen LogP contribution < -0.4 is 0 Å². The third-order valence-electron chi connectivity index (χ3n) is 4.25. The summed E-state index contributed by atoms with van der Waals surface area (Å²) in [5.41, 5.74) is 1.15. The number of carbonyl (C=O) groups is 1. The number of hydrogen-bond donors (Lipinski definition) is 0. The van der Waals surface area contributed by atoms with E-state index in [1.54, 1.807) is 17.0 Å². The topological polar surface area (TPSA) is 60.9 Å². The molecule has 1 aromatic rings. The SMILES string of the molecule is CC(C)Cc1ccc(S(=O)(=O)N2CCN(C(=O)CN(C)C)CC2)cc1. The molecule has 1 amide bonds. The number of likely N-dealkylation sites (N-methyl/N-ethyl adjacent to an activating group) is 1. The zero-order valence-corrected chi connectivity index (χ0v) is 16.4. The second-order valence-electron chi connectivity index (χ2n) is 7.26. The summed E-state index contributed by atoms with van der Waals surface area (Å²) in [5, 5.41) is 0. The predicted molar refractivity (Wildman–Crippen MR) is 98.9 cm³/mol. The Bertz CT molecular complexity index is 676. The van der Waals surface area contributed by atoms with Gasteiger partial charge >= 0.3 is 0 Å². The summed E-state index contributed by atoms with van der Waals surface area (Å²) < 4.78 is 27.1. The lowest BCUT2D eigenvalue weighted by Crippen LogP contribution is -2.52. The lowest BCUT2D eigenvalue weighted by molar-refractivity contribution is -0.133. The molecule has 0 unspecified atom stereocenters. The Hall–Kier alpha value is -1.44. The normalized spacial score (nSPS) is 16.6. The second-order valence-corrected chi connectivity index (χ2v) is 9.20. The van der Waals surface area contributed by atoms with Crippen LogP contribution in [0.3, 0.4) is 0 Å². The van der Waals surface area contributed by atoms with Gasteiger partial charge in [0.2, 0.25) is 15.9 Å². The van der Waals surface area contributed by atoms with Gasteiger partial charge in [0.25, 0.3) is 0 Å². The molecule has 0 atom stereocenters. The van der Waals surface area contributed by atoms with E-state index in [0.717, 1.165) is 12.0 Å². The lowest BCUT2D eigenvalue weighted by Gasteiger charge is -2.34. The van der Waals surface area contributed by atoms with Gasteiger partial charge < -0.3 is 9.80 Å². The minimum Gasteiger partial charge on any atom is -0.339 e. The number of benzene rings is 1. The monoisotopic (exact) mass is 367 g/mol. The van der Waals surface area contributed by atoms with Crippen LogP contribution in [0, 0.1) is 5.92 Å². The molecule has 0 spiro atoms. The van der Waals surface area contributed by atoms with Crippen LogP contribution in [0.1, 0.15) is 19.4 Å². The van der Waals surface area contributed by atoms with Crippen LogP contribution in [-0.2, 0) is 21.2 Å². The average Bonchev–Trinajstić information content (AvgIpc) is 2.54. The largest absolute Gasteiger partial charge is 0.339 e. The highest BCUT2D eigenvalue weighted by atomic mass is 32.2. The van der Waals surface area contributed by atoms with Crippen molar-refractivity contribution in [3.8, 4) is 0 Å². The third-order valence-corrected chi connectivity index (χ3v) is 6.16. The highest BCUT2D eigenvalue weighted by Crippen LogP contribution is 2.19. The van der Waals surface area contributed by atoms with E-state index in [-0.39, 0.29) is 5.91 Å². The van der Waals surface area contributed by atoms with Crippen LogP contribution in [0.4, 0.5) is 0 Å². The van der Waals surface area contributed by atoms with E-state index in [4.69, 9.17) is 0 Å². The number of hydrogen-bond acceptors (Lipinski definition) is 4. The smallest absolute Gasteiger partial charge is 0.243 e. The molecule has 6 nitrogen and oxygen atoms in total. The van der Waals surface area contributed by atoms with Crippen LogP contribution in [0.2, 0.25) is 0 Å². The second kappa shape index (κ2) is 8.29. The van der Waals surface area contributed by atoms with Gasteiger partial charge in [0.1, 0.15) is 0 Å². The fourth-order valence-corrected chi connectivity index (χ4v) is 4.39. The average molecular weight is 368 g/mol. The van der Waals surface area contributed by atoms with Crippen molar-refractivity contribution in [2.75, 3.05) is 46.8 Å². The van der Waals surface area contributed by atoms with E-state index in [2.05, 4.69) is 13.8 Å². The van der Waals surface area contributed by atoms with Crippen LogP contribution in [0.25, 0.3) is 0 Å². The molecule has 0 aromatic heterocycles. The van der Waals surface area contributed by atoms with Crippen molar-refractivity contribution in [1.82, 2.24) is 14.1 Å². The first kappa shape index (κ1) is 19.9. The Balaban J connectivity index is 2.00. The van der Waals surface area contributed by atoms with Crippen LogP contribution in [0.15, 0.2) is 29.2 Å². The molecule has 2 rings (SSSR count). The van der Waals surface area contributed by atoms with E-state index < -0.39 is 10.0 Å². The highest BCUT2D eigenvalue weighted by molar-refractivity contribution is 7.89. The maximum atomic E-state index is 12.8. The van der Waals surface area contributed by atoms with Crippen molar-refractivity contribution >= 4 is 15.9 Å². The first-order chi connectivity index (χ1) is 11.7. The van der Waals surface area contributed by atoms with Gasteiger partial charge in [-0.05, 0) is 44.1 Å². The van der Waals surface area contributed by atoms with Crippen molar-refractivity contribution < 1.29 is 13.2 Å². The summed E-state index contributed by atoms with van der Waals surface area (Å²) in [6.07, 6.45) is 0.937.